The summed E-state index contributed by atoms with van der Waals surface area (Å²) in [6.45, 7) is 14.9. The van der Waals surface area contributed by atoms with Gasteiger partial charge in [-0.1, -0.05) is 59.2 Å². The van der Waals surface area contributed by atoms with Gasteiger partial charge in [-0.3, -0.25) is 4.79 Å². The lowest BCUT2D eigenvalue weighted by molar-refractivity contribution is -0.162. The lowest BCUT2D eigenvalue weighted by Crippen LogP contribution is -2.65. The molecule has 7 atom stereocenters. The molecule has 1 aromatic rings. The van der Waals surface area contributed by atoms with Gasteiger partial charge in [-0.2, -0.15) is 10.2 Å². The second-order valence-electron chi connectivity index (χ2n) is 15.8. The molecule has 5 aliphatic rings. The Labute approximate surface area is 237 Å². The standard InChI is InChI=1S/C33H44FN3O3/c1-28(2)10-12-33(27-36-24(17-34)37-40-27)13-11-32(7)25(20(33)16-28)21(38)14-23-30(5)15-19(18-35)26(39)29(3,4)22(30)8-9-31(23,32)6/h14,20,22,25,39H,8-13,15-17H2,1-7H3/t20-,22-,25-,30-,31+,32+,33-/m0/s1. The number of rotatable bonds is 2. The van der Waals surface area contributed by atoms with Crippen LogP contribution in [0.1, 0.15) is 112 Å². The molecule has 3 saturated carbocycles. The van der Waals surface area contributed by atoms with Crippen molar-refractivity contribution in [3.8, 4) is 6.07 Å². The minimum absolute atomic E-state index is 0.0250. The number of aromatic nitrogens is 2. The average molecular weight is 550 g/mol. The molecule has 0 bridgehead atoms. The number of hydrogen-bond donors (Lipinski definition) is 1. The first-order valence-corrected chi connectivity index (χ1v) is 15.1. The number of ketones is 1. The fraction of sp³-hybridized carbons (Fsp3) is 0.758. The van der Waals surface area contributed by atoms with Crippen LogP contribution in [0.25, 0.3) is 0 Å². The van der Waals surface area contributed by atoms with Crippen molar-refractivity contribution in [2.45, 2.75) is 112 Å². The van der Waals surface area contributed by atoms with Crippen LogP contribution in [0.2, 0.25) is 0 Å². The van der Waals surface area contributed by atoms with Gasteiger partial charge >= 0.3 is 0 Å². The molecule has 216 valence electrons. The molecular weight excluding hydrogens is 505 g/mol. The van der Waals surface area contributed by atoms with Crippen LogP contribution in [-0.2, 0) is 16.9 Å². The maximum atomic E-state index is 14.6. The molecule has 0 unspecified atom stereocenters. The third-order valence-electron chi connectivity index (χ3n) is 13.1. The Morgan fingerprint density at radius 3 is 2.45 bits per heavy atom. The first-order valence-electron chi connectivity index (χ1n) is 15.1. The van der Waals surface area contributed by atoms with Crippen molar-refractivity contribution in [1.29, 1.82) is 5.26 Å². The van der Waals surface area contributed by atoms with Gasteiger partial charge in [0.05, 0.1) is 17.1 Å². The van der Waals surface area contributed by atoms with Crippen LogP contribution in [0.3, 0.4) is 0 Å². The number of carbonyl (C=O) groups is 1. The first-order chi connectivity index (χ1) is 18.6. The lowest BCUT2D eigenvalue weighted by Gasteiger charge is -2.69. The van der Waals surface area contributed by atoms with E-state index in [4.69, 9.17) is 4.52 Å². The van der Waals surface area contributed by atoms with Crippen molar-refractivity contribution in [1.82, 2.24) is 10.1 Å². The van der Waals surface area contributed by atoms with Crippen LogP contribution in [0.4, 0.5) is 4.39 Å². The molecule has 5 aliphatic carbocycles. The maximum Gasteiger partial charge on any atom is 0.233 e. The molecule has 0 aromatic carbocycles. The van der Waals surface area contributed by atoms with E-state index in [9.17, 15) is 19.6 Å². The second kappa shape index (κ2) is 8.29. The Balaban J connectivity index is 1.51. The van der Waals surface area contributed by atoms with Gasteiger partial charge in [0.1, 0.15) is 5.76 Å². The van der Waals surface area contributed by atoms with E-state index in [1.165, 1.54) is 5.57 Å². The summed E-state index contributed by atoms with van der Waals surface area (Å²) in [5.74, 6) is 0.943. The molecule has 1 N–H and O–H groups in total. The van der Waals surface area contributed by atoms with Crippen LogP contribution in [0.5, 0.6) is 0 Å². The number of fused-ring (bicyclic) bond motifs is 7. The highest BCUT2D eigenvalue weighted by Crippen LogP contribution is 2.75. The summed E-state index contributed by atoms with van der Waals surface area (Å²) >= 11 is 0. The van der Waals surface area contributed by atoms with E-state index in [0.29, 0.717) is 17.9 Å². The Bertz CT molecular complexity index is 1380. The summed E-state index contributed by atoms with van der Waals surface area (Å²) < 4.78 is 19.3. The van der Waals surface area contributed by atoms with Gasteiger partial charge in [-0.25, -0.2) is 4.39 Å². The zero-order valence-corrected chi connectivity index (χ0v) is 25.2. The molecule has 1 aromatic heterocycles. The van der Waals surface area contributed by atoms with Crippen LogP contribution < -0.4 is 0 Å². The van der Waals surface area contributed by atoms with Crippen molar-refractivity contribution in [3.05, 3.63) is 34.7 Å². The molecule has 0 radical (unpaired) electrons. The Morgan fingerprint density at radius 1 is 1.10 bits per heavy atom. The molecular formula is C33H44FN3O3. The van der Waals surface area contributed by atoms with Crippen molar-refractivity contribution >= 4 is 5.78 Å². The molecule has 0 amide bonds. The first kappa shape index (κ1) is 27.7. The van der Waals surface area contributed by atoms with Gasteiger partial charge in [-0.15, -0.1) is 0 Å². The minimum Gasteiger partial charge on any atom is -0.511 e. The lowest BCUT2D eigenvalue weighted by atomic mass is 9.34. The Hall–Kier alpha value is -2.49. The van der Waals surface area contributed by atoms with E-state index in [-0.39, 0.29) is 56.8 Å². The van der Waals surface area contributed by atoms with Gasteiger partial charge < -0.3 is 9.63 Å². The van der Waals surface area contributed by atoms with E-state index < -0.39 is 17.5 Å². The summed E-state index contributed by atoms with van der Waals surface area (Å²) in [6, 6.07) is 2.30. The van der Waals surface area contributed by atoms with Crippen LogP contribution in [0.15, 0.2) is 27.5 Å². The largest absolute Gasteiger partial charge is 0.511 e. The smallest absolute Gasteiger partial charge is 0.233 e. The van der Waals surface area contributed by atoms with Gasteiger partial charge in [0.2, 0.25) is 11.7 Å². The van der Waals surface area contributed by atoms with Gasteiger partial charge in [0.25, 0.3) is 0 Å². The number of nitrogens with zero attached hydrogens (tertiary/aromatic N) is 3. The van der Waals surface area contributed by atoms with E-state index in [1.54, 1.807) is 0 Å². The topological polar surface area (TPSA) is 100 Å². The van der Waals surface area contributed by atoms with Gasteiger partial charge in [0.15, 0.2) is 12.5 Å². The molecule has 0 aliphatic heterocycles. The predicted molar refractivity (Wildman–Crippen MR) is 148 cm³/mol. The van der Waals surface area contributed by atoms with Crippen LogP contribution in [0, 0.1) is 56.2 Å². The Morgan fingerprint density at radius 2 is 1.80 bits per heavy atom. The monoisotopic (exact) mass is 549 g/mol. The van der Waals surface area contributed by atoms with Crippen LogP contribution in [-0.4, -0.2) is 21.0 Å². The van der Waals surface area contributed by atoms with E-state index in [1.807, 2.05) is 6.08 Å². The third kappa shape index (κ3) is 3.28. The number of allylic oxidation sites excluding steroid dienone is 4. The molecule has 0 spiro atoms. The molecule has 7 heteroatoms. The fourth-order valence-corrected chi connectivity index (χ4v) is 10.8. The second-order valence-corrected chi connectivity index (χ2v) is 15.8. The van der Waals surface area contributed by atoms with Gasteiger partial charge in [-0.05, 0) is 90.9 Å². The zero-order chi connectivity index (χ0) is 29.1. The van der Waals surface area contributed by atoms with Crippen LogP contribution >= 0.6 is 0 Å². The molecule has 1 heterocycles. The quantitative estimate of drug-likeness (QED) is 0.405. The normalized spacial score (nSPS) is 43.5. The molecule has 6 rings (SSSR count). The highest BCUT2D eigenvalue weighted by molar-refractivity contribution is 5.95. The maximum absolute atomic E-state index is 14.6. The highest BCUT2D eigenvalue weighted by atomic mass is 19.1. The number of aliphatic hydroxyl groups is 1. The predicted octanol–water partition coefficient (Wildman–Crippen LogP) is 7.72. The number of aliphatic hydroxyl groups excluding tert-OH is 1. The van der Waals surface area contributed by atoms with E-state index in [0.717, 1.165) is 44.9 Å². The van der Waals surface area contributed by atoms with E-state index in [2.05, 4.69) is 64.7 Å². The van der Waals surface area contributed by atoms with Crippen molar-refractivity contribution in [2.75, 3.05) is 0 Å². The van der Waals surface area contributed by atoms with Crippen molar-refractivity contribution in [3.63, 3.8) is 0 Å². The summed E-state index contributed by atoms with van der Waals surface area (Å²) in [6.07, 6.45) is 8.71. The van der Waals surface area contributed by atoms with Gasteiger partial charge in [0, 0.05) is 11.3 Å². The molecule has 40 heavy (non-hydrogen) atoms. The Kier molecular flexibility index (Phi) is 5.74. The summed E-state index contributed by atoms with van der Waals surface area (Å²) in [5.41, 5.74) is -0.170. The fourth-order valence-electron chi connectivity index (χ4n) is 10.8. The van der Waals surface area contributed by atoms with E-state index >= 15 is 0 Å². The third-order valence-corrected chi connectivity index (χ3v) is 13.1. The minimum atomic E-state index is -0.759. The number of halogens is 1. The SMILES string of the molecule is CC1(C)CC[C@]2(c3nc(CF)no3)CC[C@]3(C)[C@H](C(=O)C=C4[C@@]5(C)CC(C#N)=C(O)C(C)(C)[C@@H]5CC[C@]43C)[C@@H]2C1. The molecule has 6 nitrogen and oxygen atoms in total. The highest BCUT2D eigenvalue weighted by Gasteiger charge is 2.70. The summed E-state index contributed by atoms with van der Waals surface area (Å²) in [7, 11) is 0. The number of carbonyl (C=O) groups excluding carboxylic acids is 1. The number of hydrogen-bond acceptors (Lipinski definition) is 6. The number of nitriles is 1. The summed E-state index contributed by atoms with van der Waals surface area (Å²) in [4.78, 5) is 19.1. The molecule has 0 saturated heterocycles. The summed E-state index contributed by atoms with van der Waals surface area (Å²) in [5, 5.41) is 25.0. The molecule has 3 fully saturated rings. The zero-order valence-electron chi connectivity index (χ0n) is 25.2. The van der Waals surface area contributed by atoms with Crippen molar-refractivity contribution < 1.29 is 18.8 Å². The van der Waals surface area contributed by atoms with Crippen molar-refractivity contribution in [2.24, 2.45) is 44.8 Å². The number of alkyl halides is 1. The average Bonchev–Trinajstić information content (AvgIpc) is 3.37.